The lowest BCUT2D eigenvalue weighted by Crippen LogP contribution is -2.28. The van der Waals surface area contributed by atoms with Gasteiger partial charge < -0.3 is 14.8 Å². The largest absolute Gasteiger partial charge is 0.465 e. The summed E-state index contributed by atoms with van der Waals surface area (Å²) in [6.45, 7) is 5.06. The quantitative estimate of drug-likeness (QED) is 0.135. The molecule has 1 atom stereocenters. The molecule has 38 heavy (non-hydrogen) atoms. The number of hydrogen-bond acceptors (Lipinski definition) is 4. The maximum Gasteiger partial charge on any atom is 0.407 e. The third-order valence-corrected chi connectivity index (χ3v) is 7.92. The Morgan fingerprint density at radius 3 is 2.11 bits per heavy atom. The molecule has 0 bridgehead atoms. The predicted molar refractivity (Wildman–Crippen MR) is 154 cm³/mol. The molecule has 0 aromatic heterocycles. The molecule has 3 aromatic rings. The van der Waals surface area contributed by atoms with Gasteiger partial charge in [0.05, 0.1) is 12.0 Å². The van der Waals surface area contributed by atoms with Crippen molar-refractivity contribution >= 4 is 28.0 Å². The van der Waals surface area contributed by atoms with Crippen LogP contribution in [0, 0.1) is 5.41 Å². The van der Waals surface area contributed by atoms with Crippen LogP contribution in [0.3, 0.4) is 0 Å². The van der Waals surface area contributed by atoms with E-state index in [-0.39, 0.29) is 16.7 Å². The van der Waals surface area contributed by atoms with Crippen LogP contribution in [0.4, 0.5) is 4.79 Å². The van der Waals surface area contributed by atoms with E-state index in [0.717, 1.165) is 24.8 Å². The van der Waals surface area contributed by atoms with Gasteiger partial charge >= 0.3 is 12.1 Å². The summed E-state index contributed by atoms with van der Waals surface area (Å²) in [5, 5.41) is 2.84. The van der Waals surface area contributed by atoms with Gasteiger partial charge in [0, 0.05) is 17.3 Å². The van der Waals surface area contributed by atoms with Gasteiger partial charge in [-0.3, -0.25) is 4.79 Å². The van der Waals surface area contributed by atoms with Crippen molar-refractivity contribution in [1.29, 1.82) is 0 Å². The molecule has 3 aromatic carbocycles. The topological polar surface area (TPSA) is 64.6 Å². The van der Waals surface area contributed by atoms with Crippen molar-refractivity contribution in [1.82, 2.24) is 5.32 Å². The second kappa shape index (κ2) is 13.1. The van der Waals surface area contributed by atoms with Gasteiger partial charge in [0.15, 0.2) is 0 Å². The molecular formula is C32H36BrNO4. The number of amides is 1. The van der Waals surface area contributed by atoms with Gasteiger partial charge in [-0.2, -0.15) is 0 Å². The standard InChI is InChI=1S/C32H36BrNO4/c1-32(2,21-29(33)23-13-5-3-6-14-23)30(35)37-20-12-4-11-19-34-31(36)38-22-28-26-17-9-7-15-24(26)25-16-8-10-18-27(25)28/h3,5-10,13-18,28-29H,4,11-12,19-22H2,1-2H3,(H,34,36). The highest BCUT2D eigenvalue weighted by atomic mass is 79.9. The van der Waals surface area contributed by atoms with E-state index in [1.54, 1.807) is 0 Å². The predicted octanol–water partition coefficient (Wildman–Crippen LogP) is 7.79. The van der Waals surface area contributed by atoms with Gasteiger partial charge in [0.25, 0.3) is 0 Å². The molecule has 0 aliphatic heterocycles. The number of halogens is 1. The van der Waals surface area contributed by atoms with Crippen LogP contribution in [0.5, 0.6) is 0 Å². The third-order valence-electron chi connectivity index (χ3n) is 7.07. The van der Waals surface area contributed by atoms with Crippen LogP contribution in [0.25, 0.3) is 11.1 Å². The summed E-state index contributed by atoms with van der Waals surface area (Å²) in [5.74, 6) is -0.130. The van der Waals surface area contributed by atoms with E-state index in [1.807, 2.05) is 56.3 Å². The fraction of sp³-hybridized carbons (Fsp3) is 0.375. The van der Waals surface area contributed by atoms with Gasteiger partial charge in [0.1, 0.15) is 6.61 Å². The number of alkyl carbamates (subject to hydrolysis) is 1. The summed E-state index contributed by atoms with van der Waals surface area (Å²) >= 11 is 3.70. The highest BCUT2D eigenvalue weighted by Gasteiger charge is 2.32. The number of carbonyl (C=O) groups is 2. The van der Waals surface area contributed by atoms with Crippen LogP contribution in [-0.2, 0) is 14.3 Å². The Kier molecular flexibility index (Phi) is 9.62. The minimum atomic E-state index is -0.588. The van der Waals surface area contributed by atoms with E-state index < -0.39 is 11.5 Å². The Morgan fingerprint density at radius 2 is 1.45 bits per heavy atom. The van der Waals surface area contributed by atoms with E-state index in [2.05, 4.69) is 57.6 Å². The van der Waals surface area contributed by atoms with Crippen molar-refractivity contribution in [2.75, 3.05) is 19.8 Å². The van der Waals surface area contributed by atoms with Crippen molar-refractivity contribution in [2.45, 2.75) is 50.3 Å². The maximum absolute atomic E-state index is 12.6. The average molecular weight is 579 g/mol. The fourth-order valence-corrected chi connectivity index (χ4v) is 6.03. The summed E-state index contributed by atoms with van der Waals surface area (Å²) in [7, 11) is 0. The van der Waals surface area contributed by atoms with Crippen LogP contribution in [0.1, 0.15) is 67.0 Å². The molecule has 1 N–H and O–H groups in total. The zero-order valence-corrected chi connectivity index (χ0v) is 23.7. The molecule has 1 amide bonds. The number of rotatable bonds is 12. The van der Waals surface area contributed by atoms with Crippen molar-refractivity contribution in [2.24, 2.45) is 5.41 Å². The number of unbranched alkanes of at least 4 members (excludes halogenated alkanes) is 2. The Hall–Kier alpha value is -3.12. The normalized spacial score (nSPS) is 13.3. The molecular weight excluding hydrogens is 542 g/mol. The van der Waals surface area contributed by atoms with Crippen LogP contribution in [0.15, 0.2) is 78.9 Å². The van der Waals surface area contributed by atoms with Gasteiger partial charge in [0.2, 0.25) is 0 Å². The first-order valence-electron chi connectivity index (χ1n) is 13.3. The van der Waals surface area contributed by atoms with Gasteiger partial charge in [-0.25, -0.2) is 4.79 Å². The lowest BCUT2D eigenvalue weighted by atomic mass is 9.86. The van der Waals surface area contributed by atoms with Gasteiger partial charge in [-0.15, -0.1) is 0 Å². The van der Waals surface area contributed by atoms with Crippen molar-refractivity contribution in [3.05, 3.63) is 95.6 Å². The number of hydrogen-bond donors (Lipinski definition) is 1. The Bertz CT molecular complexity index is 1180. The number of carbonyl (C=O) groups excluding carboxylic acids is 2. The first-order chi connectivity index (χ1) is 18.4. The molecule has 4 rings (SSSR count). The van der Waals surface area contributed by atoms with Crippen molar-refractivity contribution < 1.29 is 19.1 Å². The molecule has 5 nitrogen and oxygen atoms in total. The maximum atomic E-state index is 12.6. The van der Waals surface area contributed by atoms with Crippen LogP contribution in [0.2, 0.25) is 0 Å². The average Bonchev–Trinajstić information content (AvgIpc) is 3.25. The summed E-state index contributed by atoms with van der Waals surface area (Å²) in [5.41, 5.74) is 5.39. The minimum absolute atomic E-state index is 0.0552. The van der Waals surface area contributed by atoms with Crippen LogP contribution in [-0.4, -0.2) is 31.8 Å². The summed E-state index contributed by atoms with van der Waals surface area (Å²) in [4.78, 5) is 25.0. The number of alkyl halides is 1. The zero-order chi connectivity index (χ0) is 27.0. The molecule has 0 saturated carbocycles. The number of ether oxygens (including phenoxy) is 2. The third kappa shape index (κ3) is 7.04. The summed E-state index contributed by atoms with van der Waals surface area (Å²) in [6, 6.07) is 26.7. The van der Waals surface area contributed by atoms with Crippen LogP contribution < -0.4 is 5.32 Å². The Morgan fingerprint density at radius 1 is 0.842 bits per heavy atom. The Labute approximate surface area is 234 Å². The van der Waals surface area contributed by atoms with E-state index in [4.69, 9.17) is 9.47 Å². The summed E-state index contributed by atoms with van der Waals surface area (Å²) in [6.07, 6.45) is 2.65. The molecule has 6 heteroatoms. The molecule has 0 radical (unpaired) electrons. The number of benzene rings is 3. The number of nitrogens with one attached hydrogen (secondary N) is 1. The molecule has 0 saturated heterocycles. The zero-order valence-electron chi connectivity index (χ0n) is 22.1. The minimum Gasteiger partial charge on any atom is -0.465 e. The van der Waals surface area contributed by atoms with Crippen molar-refractivity contribution in [3.8, 4) is 11.1 Å². The molecule has 0 spiro atoms. The lowest BCUT2D eigenvalue weighted by Gasteiger charge is -2.25. The second-order valence-electron chi connectivity index (χ2n) is 10.4. The molecule has 200 valence electrons. The fourth-order valence-electron chi connectivity index (χ4n) is 4.92. The van der Waals surface area contributed by atoms with Crippen molar-refractivity contribution in [3.63, 3.8) is 0 Å². The molecule has 0 heterocycles. The van der Waals surface area contributed by atoms with Crippen LogP contribution >= 0.6 is 15.9 Å². The molecule has 1 aliphatic carbocycles. The first kappa shape index (κ1) is 27.9. The van der Waals surface area contributed by atoms with Gasteiger partial charge in [-0.05, 0) is 67.3 Å². The van der Waals surface area contributed by atoms with E-state index in [1.165, 1.54) is 22.3 Å². The van der Waals surface area contributed by atoms with E-state index >= 15 is 0 Å². The molecule has 1 aliphatic rings. The monoisotopic (exact) mass is 577 g/mol. The Balaban J connectivity index is 1.10. The van der Waals surface area contributed by atoms with Gasteiger partial charge in [-0.1, -0.05) is 94.8 Å². The summed E-state index contributed by atoms with van der Waals surface area (Å²) < 4.78 is 11.1. The highest BCUT2D eigenvalue weighted by Crippen LogP contribution is 2.44. The first-order valence-corrected chi connectivity index (χ1v) is 14.2. The van der Waals surface area contributed by atoms with E-state index in [0.29, 0.717) is 26.2 Å². The lowest BCUT2D eigenvalue weighted by molar-refractivity contribution is -0.154. The molecule has 0 fully saturated rings. The smallest absolute Gasteiger partial charge is 0.407 e. The molecule has 1 unspecified atom stereocenters. The van der Waals surface area contributed by atoms with E-state index in [9.17, 15) is 9.59 Å². The second-order valence-corrected chi connectivity index (χ2v) is 11.5. The number of fused-ring (bicyclic) bond motifs is 3. The highest BCUT2D eigenvalue weighted by molar-refractivity contribution is 9.09. The SMILES string of the molecule is CC(C)(CC(Br)c1ccccc1)C(=O)OCCCCCNC(=O)OCC1c2ccccc2-c2ccccc21. The number of esters is 1.